The molecule has 0 bridgehead atoms. The zero-order valence-corrected chi connectivity index (χ0v) is 16.0. The summed E-state index contributed by atoms with van der Waals surface area (Å²) >= 11 is 0. The number of amides is 1. The minimum Gasteiger partial charge on any atom is -0.491 e. The summed E-state index contributed by atoms with van der Waals surface area (Å²) in [5.41, 5.74) is -0.449. The van der Waals surface area contributed by atoms with Crippen molar-refractivity contribution in [2.75, 3.05) is 32.9 Å². The molecule has 0 unspecified atom stereocenters. The van der Waals surface area contributed by atoms with E-state index in [1.165, 1.54) is 0 Å². The second-order valence-corrected chi connectivity index (χ2v) is 7.28. The number of hydrogen-bond acceptors (Lipinski definition) is 4. The second kappa shape index (κ2) is 10.1. The van der Waals surface area contributed by atoms with Crippen molar-refractivity contribution < 1.29 is 19.0 Å². The maximum absolute atomic E-state index is 12.0. The first-order valence-electron chi connectivity index (χ1n) is 9.16. The lowest BCUT2D eigenvalue weighted by molar-refractivity contribution is 0.0199. The molecule has 5 nitrogen and oxygen atoms in total. The topological polar surface area (TPSA) is 48.0 Å². The van der Waals surface area contributed by atoms with Gasteiger partial charge in [-0.25, -0.2) is 4.79 Å². The number of carbonyl (C=O) groups excluding carboxylic acids is 1. The smallest absolute Gasteiger partial charge is 0.410 e. The predicted molar refractivity (Wildman–Crippen MR) is 101 cm³/mol. The lowest BCUT2D eigenvalue weighted by Crippen LogP contribution is -2.41. The minimum absolute atomic E-state index is 0.231. The molecule has 1 aromatic rings. The number of rotatable bonds is 5. The summed E-state index contributed by atoms with van der Waals surface area (Å²) in [6, 6.07) is 9.68. The van der Waals surface area contributed by atoms with Gasteiger partial charge in [0.1, 0.15) is 24.6 Å². The van der Waals surface area contributed by atoms with Crippen LogP contribution in [-0.4, -0.2) is 49.5 Å². The van der Waals surface area contributed by atoms with E-state index in [-0.39, 0.29) is 6.09 Å². The molecule has 1 aliphatic rings. The predicted octanol–water partition coefficient (Wildman–Crippen LogP) is 3.73. The largest absolute Gasteiger partial charge is 0.491 e. The molecule has 1 saturated heterocycles. The molecule has 0 radical (unpaired) electrons. The second-order valence-electron chi connectivity index (χ2n) is 7.28. The Kier molecular flexibility index (Phi) is 7.80. The number of ether oxygens (including phenoxy) is 3. The van der Waals surface area contributed by atoms with E-state index in [0.717, 1.165) is 18.6 Å². The quantitative estimate of drug-likeness (QED) is 0.594. The van der Waals surface area contributed by atoms with Crippen LogP contribution in [-0.2, 0) is 9.47 Å². The zero-order valence-electron chi connectivity index (χ0n) is 16.0. The average Bonchev–Trinajstić information content (AvgIpc) is 2.61. The Morgan fingerprint density at radius 3 is 2.50 bits per heavy atom. The van der Waals surface area contributed by atoms with Crippen LogP contribution in [0.25, 0.3) is 0 Å². The van der Waals surface area contributed by atoms with Crippen molar-refractivity contribution in [3.63, 3.8) is 0 Å². The summed E-state index contributed by atoms with van der Waals surface area (Å²) in [6.07, 6.45) is 1.53. The highest BCUT2D eigenvalue weighted by atomic mass is 16.6. The van der Waals surface area contributed by atoms with Crippen LogP contribution < -0.4 is 4.74 Å². The first kappa shape index (κ1) is 20.1. The molecule has 142 valence electrons. The monoisotopic (exact) mass is 359 g/mol. The number of benzene rings is 1. The number of carbonyl (C=O) groups is 1. The number of piperidine rings is 1. The third-order valence-electron chi connectivity index (χ3n) is 3.87. The van der Waals surface area contributed by atoms with Crippen LogP contribution >= 0.6 is 0 Å². The van der Waals surface area contributed by atoms with E-state index in [1.807, 2.05) is 51.1 Å². The fourth-order valence-corrected chi connectivity index (χ4v) is 2.58. The molecular weight excluding hydrogens is 330 g/mol. The van der Waals surface area contributed by atoms with Crippen molar-refractivity contribution in [3.8, 4) is 17.6 Å². The van der Waals surface area contributed by atoms with E-state index in [4.69, 9.17) is 14.2 Å². The van der Waals surface area contributed by atoms with Gasteiger partial charge in [0, 0.05) is 19.0 Å². The van der Waals surface area contributed by atoms with E-state index in [2.05, 4.69) is 11.8 Å². The molecule has 0 aliphatic carbocycles. The van der Waals surface area contributed by atoms with Gasteiger partial charge >= 0.3 is 6.09 Å². The first-order chi connectivity index (χ1) is 12.4. The number of para-hydroxylation sites is 1. The molecular formula is C21H29NO4. The molecule has 1 amide bonds. The molecule has 26 heavy (non-hydrogen) atoms. The Balaban J connectivity index is 1.56. The third-order valence-corrected chi connectivity index (χ3v) is 3.87. The Morgan fingerprint density at radius 2 is 1.85 bits per heavy atom. The van der Waals surface area contributed by atoms with E-state index in [9.17, 15) is 4.79 Å². The lowest BCUT2D eigenvalue weighted by atomic mass is 9.98. The Bertz CT molecular complexity index is 604. The van der Waals surface area contributed by atoms with Gasteiger partial charge in [-0.3, -0.25) is 0 Å². The van der Waals surface area contributed by atoms with Crippen LogP contribution in [0, 0.1) is 17.8 Å². The van der Waals surface area contributed by atoms with Gasteiger partial charge in [0.2, 0.25) is 0 Å². The van der Waals surface area contributed by atoms with E-state index in [1.54, 1.807) is 4.90 Å². The summed E-state index contributed by atoms with van der Waals surface area (Å²) in [6.45, 7) is 8.47. The third kappa shape index (κ3) is 7.79. The van der Waals surface area contributed by atoms with Gasteiger partial charge in [-0.15, -0.1) is 0 Å². The van der Waals surface area contributed by atoms with Crippen LogP contribution in [0.15, 0.2) is 30.3 Å². The highest BCUT2D eigenvalue weighted by molar-refractivity contribution is 5.68. The van der Waals surface area contributed by atoms with Crippen molar-refractivity contribution in [1.82, 2.24) is 4.90 Å². The number of nitrogens with zero attached hydrogens (tertiary/aromatic N) is 1. The lowest BCUT2D eigenvalue weighted by Gasteiger charge is -2.31. The summed E-state index contributed by atoms with van der Waals surface area (Å²) in [7, 11) is 0. The van der Waals surface area contributed by atoms with Gasteiger partial charge in [0.25, 0.3) is 0 Å². The molecule has 1 aliphatic heterocycles. The molecule has 0 aromatic heterocycles. The van der Waals surface area contributed by atoms with Crippen LogP contribution in [0.3, 0.4) is 0 Å². The van der Waals surface area contributed by atoms with Crippen molar-refractivity contribution in [1.29, 1.82) is 0 Å². The van der Waals surface area contributed by atoms with Crippen molar-refractivity contribution in [2.24, 2.45) is 5.92 Å². The highest BCUT2D eigenvalue weighted by Crippen LogP contribution is 2.19. The maximum Gasteiger partial charge on any atom is 0.410 e. The van der Waals surface area contributed by atoms with Gasteiger partial charge in [0.05, 0.1) is 6.61 Å². The van der Waals surface area contributed by atoms with Crippen molar-refractivity contribution in [2.45, 2.75) is 39.2 Å². The molecule has 0 atom stereocenters. The molecule has 1 fully saturated rings. The van der Waals surface area contributed by atoms with E-state index in [0.29, 0.717) is 38.8 Å². The van der Waals surface area contributed by atoms with Crippen molar-refractivity contribution >= 4 is 6.09 Å². The summed E-state index contributed by atoms with van der Waals surface area (Å²) in [4.78, 5) is 13.8. The van der Waals surface area contributed by atoms with Crippen LogP contribution in [0.2, 0.25) is 0 Å². The summed E-state index contributed by atoms with van der Waals surface area (Å²) in [5.74, 6) is 7.48. The highest BCUT2D eigenvalue weighted by Gasteiger charge is 2.26. The molecule has 2 rings (SSSR count). The Hall–Kier alpha value is -2.19. The van der Waals surface area contributed by atoms with Gasteiger partial charge in [-0.2, -0.15) is 0 Å². The van der Waals surface area contributed by atoms with Crippen LogP contribution in [0.5, 0.6) is 5.75 Å². The average molecular weight is 359 g/mol. The van der Waals surface area contributed by atoms with Gasteiger partial charge in [0.15, 0.2) is 0 Å². The molecule has 0 N–H and O–H groups in total. The minimum atomic E-state index is -0.449. The van der Waals surface area contributed by atoms with Gasteiger partial charge in [-0.1, -0.05) is 30.0 Å². The van der Waals surface area contributed by atoms with Crippen LogP contribution in [0.4, 0.5) is 4.79 Å². The van der Waals surface area contributed by atoms with Gasteiger partial charge < -0.3 is 19.1 Å². The summed E-state index contributed by atoms with van der Waals surface area (Å²) in [5, 5.41) is 0. The Morgan fingerprint density at radius 1 is 1.15 bits per heavy atom. The SMILES string of the molecule is CC(C)(C)OC(=O)N1CCC(C#CCOCCOc2ccccc2)CC1. The Labute approximate surface area is 156 Å². The number of hydrogen-bond donors (Lipinski definition) is 0. The fraction of sp³-hybridized carbons (Fsp3) is 0.571. The molecule has 0 spiro atoms. The maximum atomic E-state index is 12.0. The molecule has 5 heteroatoms. The standard InChI is InChI=1S/C21H29NO4/c1-21(2,3)26-20(23)22-13-11-18(12-14-22)8-7-15-24-16-17-25-19-9-5-4-6-10-19/h4-6,9-10,18H,11-17H2,1-3H3. The normalized spacial score (nSPS) is 15.1. The van der Waals surface area contributed by atoms with E-state index < -0.39 is 5.60 Å². The number of likely N-dealkylation sites (tertiary alicyclic amines) is 1. The molecule has 1 aromatic carbocycles. The summed E-state index contributed by atoms with van der Waals surface area (Å²) < 4.78 is 16.4. The molecule has 0 saturated carbocycles. The molecule has 1 heterocycles. The van der Waals surface area contributed by atoms with Gasteiger partial charge in [-0.05, 0) is 45.7 Å². The fourth-order valence-electron chi connectivity index (χ4n) is 2.58. The van der Waals surface area contributed by atoms with Crippen molar-refractivity contribution in [3.05, 3.63) is 30.3 Å². The van der Waals surface area contributed by atoms with Crippen LogP contribution in [0.1, 0.15) is 33.6 Å². The first-order valence-corrected chi connectivity index (χ1v) is 9.16. The van der Waals surface area contributed by atoms with E-state index >= 15 is 0 Å². The zero-order chi connectivity index (χ0) is 18.8.